The van der Waals surface area contributed by atoms with Crippen LogP contribution in [-0.2, 0) is 19.2 Å². The second-order valence-corrected chi connectivity index (χ2v) is 8.48. The van der Waals surface area contributed by atoms with Crippen LogP contribution in [0.25, 0.3) is 0 Å². The first-order valence-electron chi connectivity index (χ1n) is 8.90. The Labute approximate surface area is 154 Å². The third-order valence-electron chi connectivity index (χ3n) is 4.89. The van der Waals surface area contributed by atoms with Crippen molar-refractivity contribution >= 4 is 21.6 Å². The van der Waals surface area contributed by atoms with Crippen LogP contribution < -0.4 is 0 Å². The molecule has 3 rings (SSSR count). The second-order valence-electron chi connectivity index (χ2n) is 6.95. The van der Waals surface area contributed by atoms with Gasteiger partial charge in [0.15, 0.2) is 5.78 Å². The molecule has 0 aliphatic heterocycles. The molecule has 6 heteroatoms. The van der Waals surface area contributed by atoms with Gasteiger partial charge in [-0.15, -0.1) is 0 Å². The lowest BCUT2D eigenvalue weighted by Gasteiger charge is -2.25. The molecule has 1 fully saturated rings. The lowest BCUT2D eigenvalue weighted by atomic mass is 9.79. The molecule has 5 nitrogen and oxygen atoms in total. The molecule has 0 saturated heterocycles. The van der Waals surface area contributed by atoms with Crippen molar-refractivity contribution in [3.8, 4) is 0 Å². The lowest BCUT2D eigenvalue weighted by molar-refractivity contribution is -0.112. The highest BCUT2D eigenvalue weighted by atomic mass is 32.2. The van der Waals surface area contributed by atoms with Crippen molar-refractivity contribution in [3.05, 3.63) is 53.1 Å². The maximum Gasteiger partial charge on any atom is 0.358 e. The molecular weight excluding hydrogens is 350 g/mol. The van der Waals surface area contributed by atoms with Gasteiger partial charge < -0.3 is 0 Å². The molecule has 0 bridgehead atoms. The fraction of sp³-hybridized carbons (Fsp3) is 0.400. The molecule has 0 heterocycles. The summed E-state index contributed by atoms with van der Waals surface area (Å²) in [6, 6.07) is 6.47. The summed E-state index contributed by atoms with van der Waals surface area (Å²) in [4.78, 5) is 12.4. The molecule has 0 unspecified atom stereocenters. The number of oxime groups is 1. The Morgan fingerprint density at radius 2 is 1.81 bits per heavy atom. The highest BCUT2D eigenvalue weighted by Gasteiger charge is 2.26. The molecule has 0 amide bonds. The van der Waals surface area contributed by atoms with Gasteiger partial charge in [0, 0.05) is 5.57 Å². The van der Waals surface area contributed by atoms with Crippen molar-refractivity contribution in [2.45, 2.75) is 50.8 Å². The minimum Gasteiger partial charge on any atom is -0.290 e. The minimum atomic E-state index is -3.99. The summed E-state index contributed by atoms with van der Waals surface area (Å²) in [5.41, 5.74) is 2.53. The minimum absolute atomic E-state index is 0.00473. The van der Waals surface area contributed by atoms with Crippen LogP contribution in [0.3, 0.4) is 0 Å². The summed E-state index contributed by atoms with van der Waals surface area (Å²) in [5, 5.41) is 3.85. The smallest absolute Gasteiger partial charge is 0.290 e. The van der Waals surface area contributed by atoms with E-state index < -0.39 is 10.1 Å². The summed E-state index contributed by atoms with van der Waals surface area (Å²) in [7, 11) is -3.99. The normalized spacial score (nSPS) is 20.7. The predicted molar refractivity (Wildman–Crippen MR) is 100 cm³/mol. The lowest BCUT2D eigenvalue weighted by Crippen LogP contribution is -2.20. The van der Waals surface area contributed by atoms with Gasteiger partial charge >= 0.3 is 10.1 Å². The van der Waals surface area contributed by atoms with Gasteiger partial charge in [-0.2, -0.15) is 8.42 Å². The Morgan fingerprint density at radius 1 is 1.08 bits per heavy atom. The van der Waals surface area contributed by atoms with Crippen molar-refractivity contribution in [2.75, 3.05) is 0 Å². The van der Waals surface area contributed by atoms with E-state index in [9.17, 15) is 13.2 Å². The van der Waals surface area contributed by atoms with Gasteiger partial charge in [-0.25, -0.2) is 0 Å². The SMILES string of the molecule is CC1=CC(=O)C(C2CCCCC2)=C/C1=N/OS(=O)(=O)c1cccc(C)c1. The van der Waals surface area contributed by atoms with Gasteiger partial charge in [-0.1, -0.05) is 36.6 Å². The van der Waals surface area contributed by atoms with Crippen LogP contribution in [0.5, 0.6) is 0 Å². The summed E-state index contributed by atoms with van der Waals surface area (Å²) < 4.78 is 29.6. The molecule has 26 heavy (non-hydrogen) atoms. The number of benzene rings is 1. The van der Waals surface area contributed by atoms with Gasteiger partial charge in [-0.3, -0.25) is 9.08 Å². The fourth-order valence-electron chi connectivity index (χ4n) is 3.42. The van der Waals surface area contributed by atoms with Crippen LogP contribution in [0, 0.1) is 12.8 Å². The third-order valence-corrected chi connectivity index (χ3v) is 5.99. The number of ketones is 1. The molecule has 138 valence electrons. The summed E-state index contributed by atoms with van der Waals surface area (Å²) >= 11 is 0. The molecule has 1 aromatic rings. The van der Waals surface area contributed by atoms with Crippen LogP contribution in [0.1, 0.15) is 44.6 Å². The number of allylic oxidation sites excluding steroid dienone is 4. The van der Waals surface area contributed by atoms with Crippen LogP contribution in [-0.4, -0.2) is 19.9 Å². The zero-order valence-electron chi connectivity index (χ0n) is 15.1. The molecule has 0 atom stereocenters. The van der Waals surface area contributed by atoms with E-state index in [4.69, 9.17) is 4.28 Å². The largest absolute Gasteiger partial charge is 0.358 e. The average molecular weight is 373 g/mol. The second kappa shape index (κ2) is 7.58. The number of carbonyl (C=O) groups is 1. The highest BCUT2D eigenvalue weighted by Crippen LogP contribution is 2.32. The van der Waals surface area contributed by atoms with Crippen LogP contribution >= 0.6 is 0 Å². The quantitative estimate of drug-likeness (QED) is 0.588. The van der Waals surface area contributed by atoms with E-state index in [0.29, 0.717) is 16.9 Å². The van der Waals surface area contributed by atoms with E-state index in [1.54, 1.807) is 19.1 Å². The standard InChI is InChI=1S/C20H23NO4S/c1-14-7-6-10-17(11-14)26(23,24)25-21-19-13-18(20(22)12-15(19)2)16-8-4-3-5-9-16/h6-7,10-13,16H,3-5,8-9H2,1-2H3/b21-19-. The number of nitrogens with zero attached hydrogens (tertiary/aromatic N) is 1. The third kappa shape index (κ3) is 4.12. The fourth-order valence-corrected chi connectivity index (χ4v) is 4.26. The maximum atomic E-state index is 12.4. The molecule has 2 aliphatic carbocycles. The van der Waals surface area contributed by atoms with Gasteiger partial charge in [0.05, 0.1) is 0 Å². The number of carbonyl (C=O) groups excluding carboxylic acids is 1. The monoisotopic (exact) mass is 373 g/mol. The Bertz CT molecular complexity index is 903. The van der Waals surface area contributed by atoms with Crippen molar-refractivity contribution in [2.24, 2.45) is 11.1 Å². The molecule has 0 spiro atoms. The van der Waals surface area contributed by atoms with E-state index in [0.717, 1.165) is 31.2 Å². The molecule has 1 aromatic carbocycles. The van der Waals surface area contributed by atoms with Crippen LogP contribution in [0.4, 0.5) is 0 Å². The topological polar surface area (TPSA) is 72.8 Å². The summed E-state index contributed by atoms with van der Waals surface area (Å²) in [5.74, 6) is 0.217. The molecule has 0 radical (unpaired) electrons. The molecule has 0 aromatic heterocycles. The molecular formula is C20H23NO4S. The van der Waals surface area contributed by atoms with Gasteiger partial charge in [0.25, 0.3) is 0 Å². The number of hydrogen-bond acceptors (Lipinski definition) is 5. The Balaban J connectivity index is 1.85. The van der Waals surface area contributed by atoms with E-state index in [2.05, 4.69) is 5.16 Å². The van der Waals surface area contributed by atoms with E-state index in [-0.39, 0.29) is 16.6 Å². The van der Waals surface area contributed by atoms with Gasteiger partial charge in [-0.05, 0) is 68.0 Å². The van der Waals surface area contributed by atoms with Crippen molar-refractivity contribution in [3.63, 3.8) is 0 Å². The summed E-state index contributed by atoms with van der Waals surface area (Å²) in [6.45, 7) is 3.54. The van der Waals surface area contributed by atoms with E-state index >= 15 is 0 Å². The Kier molecular flexibility index (Phi) is 5.41. The first-order chi connectivity index (χ1) is 12.4. The first kappa shape index (κ1) is 18.6. The summed E-state index contributed by atoms with van der Waals surface area (Å²) in [6.07, 6.45) is 8.61. The van der Waals surface area contributed by atoms with Gasteiger partial charge in [0.1, 0.15) is 10.6 Å². The van der Waals surface area contributed by atoms with Gasteiger partial charge in [0.2, 0.25) is 0 Å². The molecule has 0 N–H and O–H groups in total. The molecule has 2 aliphatic rings. The average Bonchev–Trinajstić information content (AvgIpc) is 2.62. The maximum absolute atomic E-state index is 12.4. The van der Waals surface area contributed by atoms with E-state index in [1.165, 1.54) is 24.6 Å². The Hall–Kier alpha value is -2.21. The highest BCUT2D eigenvalue weighted by molar-refractivity contribution is 7.86. The van der Waals surface area contributed by atoms with E-state index in [1.807, 2.05) is 13.0 Å². The van der Waals surface area contributed by atoms with Crippen LogP contribution in [0.15, 0.2) is 57.6 Å². The zero-order valence-corrected chi connectivity index (χ0v) is 15.9. The molecule has 1 saturated carbocycles. The zero-order chi connectivity index (χ0) is 18.7. The first-order valence-corrected chi connectivity index (χ1v) is 10.3. The Morgan fingerprint density at radius 3 is 2.50 bits per heavy atom. The van der Waals surface area contributed by atoms with Crippen molar-refractivity contribution in [1.82, 2.24) is 0 Å². The predicted octanol–water partition coefficient (Wildman–Crippen LogP) is 4.09. The van der Waals surface area contributed by atoms with Crippen LogP contribution in [0.2, 0.25) is 0 Å². The number of rotatable bonds is 4. The number of hydrogen-bond donors (Lipinski definition) is 0. The number of aryl methyl sites for hydroxylation is 1. The van der Waals surface area contributed by atoms with Crippen molar-refractivity contribution < 1.29 is 17.5 Å². The van der Waals surface area contributed by atoms with Crippen molar-refractivity contribution in [1.29, 1.82) is 0 Å².